The summed E-state index contributed by atoms with van der Waals surface area (Å²) in [6.07, 6.45) is 6.08. The van der Waals surface area contributed by atoms with Gasteiger partial charge in [0.05, 0.1) is 12.2 Å². The number of hydrogen-bond acceptors (Lipinski definition) is 5. The van der Waals surface area contributed by atoms with Gasteiger partial charge in [0.2, 0.25) is 5.88 Å². The molecule has 7 nitrogen and oxygen atoms in total. The first kappa shape index (κ1) is 18.4. The lowest BCUT2D eigenvalue weighted by Gasteiger charge is -2.10. The van der Waals surface area contributed by atoms with Gasteiger partial charge < -0.3 is 14.6 Å². The quantitative estimate of drug-likeness (QED) is 0.736. The summed E-state index contributed by atoms with van der Waals surface area (Å²) < 4.78 is 7.72. The highest BCUT2D eigenvalue weighted by atomic mass is 16.5. The summed E-state index contributed by atoms with van der Waals surface area (Å²) in [6.45, 7) is 5.62. The Morgan fingerprint density at radius 3 is 3.04 bits per heavy atom. The molecule has 0 bridgehead atoms. The highest BCUT2D eigenvalue weighted by molar-refractivity contribution is 6.04. The number of fused-ring (bicyclic) bond motifs is 3. The van der Waals surface area contributed by atoms with Gasteiger partial charge in [-0.3, -0.25) is 4.79 Å². The molecule has 0 unspecified atom stereocenters. The zero-order valence-corrected chi connectivity index (χ0v) is 16.4. The number of nitrogens with zero attached hydrogens (tertiary/aromatic N) is 4. The maximum absolute atomic E-state index is 13.0. The largest absolute Gasteiger partial charge is 0.478 e. The van der Waals surface area contributed by atoms with Crippen molar-refractivity contribution in [3.63, 3.8) is 0 Å². The number of rotatable bonds is 5. The molecule has 28 heavy (non-hydrogen) atoms. The number of imidazole rings is 1. The van der Waals surface area contributed by atoms with E-state index < -0.39 is 0 Å². The molecular weight excluding hydrogens is 354 g/mol. The van der Waals surface area contributed by atoms with Crippen LogP contribution in [0, 0.1) is 6.92 Å². The van der Waals surface area contributed by atoms with Crippen molar-refractivity contribution in [2.45, 2.75) is 52.6 Å². The van der Waals surface area contributed by atoms with Gasteiger partial charge in [-0.05, 0) is 38.8 Å². The molecule has 0 aliphatic carbocycles. The number of nitrogens with one attached hydrogen (secondary N) is 1. The standard InChI is InChI=1S/C21H25N5O2/c1-3-28-21-15(8-7-10-22-21)13-23-20(27)16-12-14(2)24-19-18(16)25-17-9-5-4-6-11-26(17)19/h7-8,10,12H,3-6,9,11,13H2,1-2H3,(H,23,27). The molecule has 1 amide bonds. The minimum atomic E-state index is -0.157. The topological polar surface area (TPSA) is 81.9 Å². The van der Waals surface area contributed by atoms with Crippen LogP contribution in [0.1, 0.15) is 53.6 Å². The Bertz CT molecular complexity index is 1010. The molecular formula is C21H25N5O2. The number of aromatic nitrogens is 4. The highest BCUT2D eigenvalue weighted by Gasteiger charge is 2.21. The van der Waals surface area contributed by atoms with E-state index >= 15 is 0 Å². The molecule has 3 aromatic rings. The third-order valence-electron chi connectivity index (χ3n) is 5.01. The molecule has 0 radical (unpaired) electrons. The van der Waals surface area contributed by atoms with E-state index in [1.165, 1.54) is 6.42 Å². The van der Waals surface area contributed by atoms with E-state index in [0.29, 0.717) is 30.1 Å². The Labute approximate surface area is 164 Å². The van der Waals surface area contributed by atoms with Gasteiger partial charge in [0.25, 0.3) is 5.91 Å². The summed E-state index contributed by atoms with van der Waals surface area (Å²) in [4.78, 5) is 26.7. The van der Waals surface area contributed by atoms with Gasteiger partial charge in [-0.25, -0.2) is 15.0 Å². The van der Waals surface area contributed by atoms with Gasteiger partial charge in [0, 0.05) is 37.0 Å². The van der Waals surface area contributed by atoms with Crippen molar-refractivity contribution in [3.05, 3.63) is 47.0 Å². The van der Waals surface area contributed by atoms with Crippen LogP contribution in [0.15, 0.2) is 24.4 Å². The normalized spacial score (nSPS) is 13.8. The van der Waals surface area contributed by atoms with Crippen LogP contribution in [0.25, 0.3) is 11.2 Å². The second kappa shape index (κ2) is 7.96. The van der Waals surface area contributed by atoms with Crippen molar-refractivity contribution in [3.8, 4) is 5.88 Å². The Morgan fingerprint density at radius 1 is 1.29 bits per heavy atom. The number of carbonyl (C=O) groups excluding carboxylic acids is 1. The van der Waals surface area contributed by atoms with Crippen molar-refractivity contribution >= 4 is 17.1 Å². The van der Waals surface area contributed by atoms with Crippen molar-refractivity contribution < 1.29 is 9.53 Å². The number of aryl methyl sites for hydroxylation is 3. The Balaban J connectivity index is 1.63. The molecule has 1 N–H and O–H groups in total. The third-order valence-corrected chi connectivity index (χ3v) is 5.01. The molecule has 146 valence electrons. The fourth-order valence-corrected chi connectivity index (χ4v) is 3.68. The Morgan fingerprint density at radius 2 is 2.18 bits per heavy atom. The fourth-order valence-electron chi connectivity index (χ4n) is 3.68. The van der Waals surface area contributed by atoms with Gasteiger partial charge in [-0.1, -0.05) is 12.5 Å². The monoisotopic (exact) mass is 379 g/mol. The van der Waals surface area contributed by atoms with E-state index in [-0.39, 0.29) is 5.91 Å². The van der Waals surface area contributed by atoms with Crippen LogP contribution >= 0.6 is 0 Å². The molecule has 0 saturated heterocycles. The van der Waals surface area contributed by atoms with Gasteiger partial charge in [-0.2, -0.15) is 0 Å². The van der Waals surface area contributed by atoms with Crippen molar-refractivity contribution in [1.82, 2.24) is 24.8 Å². The molecule has 0 atom stereocenters. The second-order valence-electron chi connectivity index (χ2n) is 7.06. The van der Waals surface area contributed by atoms with Crippen molar-refractivity contribution in [1.29, 1.82) is 0 Å². The predicted octanol–water partition coefficient (Wildman–Crippen LogP) is 3.19. The minimum absolute atomic E-state index is 0.157. The number of carbonyl (C=O) groups is 1. The van der Waals surface area contributed by atoms with Crippen LogP contribution in [0.4, 0.5) is 0 Å². The molecule has 0 fully saturated rings. The average molecular weight is 379 g/mol. The van der Waals surface area contributed by atoms with Crippen molar-refractivity contribution in [2.24, 2.45) is 0 Å². The summed E-state index contributed by atoms with van der Waals surface area (Å²) in [7, 11) is 0. The average Bonchev–Trinajstić information content (AvgIpc) is 2.87. The molecule has 7 heteroatoms. The molecule has 0 aromatic carbocycles. The van der Waals surface area contributed by atoms with Crippen molar-refractivity contribution in [2.75, 3.05) is 6.61 Å². The summed E-state index contributed by atoms with van der Waals surface area (Å²) >= 11 is 0. The van der Waals surface area contributed by atoms with Crippen LogP contribution in [0.2, 0.25) is 0 Å². The molecule has 3 aromatic heterocycles. The zero-order valence-electron chi connectivity index (χ0n) is 16.4. The number of amides is 1. The SMILES string of the molecule is CCOc1ncccc1CNC(=O)c1cc(C)nc2c1nc1n2CCCCC1. The summed E-state index contributed by atoms with van der Waals surface area (Å²) in [5.74, 6) is 1.43. The summed E-state index contributed by atoms with van der Waals surface area (Å²) in [6, 6.07) is 5.56. The van der Waals surface area contributed by atoms with Crippen LogP contribution < -0.4 is 10.1 Å². The second-order valence-corrected chi connectivity index (χ2v) is 7.06. The van der Waals surface area contributed by atoms with Gasteiger partial charge in [0.1, 0.15) is 11.3 Å². The van der Waals surface area contributed by atoms with E-state index in [1.807, 2.05) is 32.0 Å². The first-order valence-corrected chi connectivity index (χ1v) is 9.89. The lowest BCUT2D eigenvalue weighted by molar-refractivity contribution is 0.0952. The number of hydrogen-bond donors (Lipinski definition) is 1. The Hall–Kier alpha value is -2.96. The smallest absolute Gasteiger partial charge is 0.253 e. The zero-order chi connectivity index (χ0) is 19.5. The van der Waals surface area contributed by atoms with Crippen LogP contribution in [-0.2, 0) is 19.5 Å². The third kappa shape index (κ3) is 3.56. The summed E-state index contributed by atoms with van der Waals surface area (Å²) in [5, 5.41) is 2.99. The first-order valence-electron chi connectivity index (χ1n) is 9.89. The molecule has 1 aliphatic heterocycles. The molecule has 1 aliphatic rings. The first-order chi connectivity index (χ1) is 13.7. The lowest BCUT2D eigenvalue weighted by atomic mass is 10.1. The minimum Gasteiger partial charge on any atom is -0.478 e. The number of pyridine rings is 2. The fraction of sp³-hybridized carbons (Fsp3) is 0.429. The highest BCUT2D eigenvalue weighted by Crippen LogP contribution is 2.24. The molecule has 4 heterocycles. The maximum Gasteiger partial charge on any atom is 0.253 e. The molecule has 0 saturated carbocycles. The lowest BCUT2D eigenvalue weighted by Crippen LogP contribution is -2.24. The predicted molar refractivity (Wildman–Crippen MR) is 106 cm³/mol. The van der Waals surface area contributed by atoms with E-state index in [4.69, 9.17) is 9.72 Å². The van der Waals surface area contributed by atoms with E-state index in [0.717, 1.165) is 48.5 Å². The van der Waals surface area contributed by atoms with Crippen LogP contribution in [0.3, 0.4) is 0 Å². The van der Waals surface area contributed by atoms with Crippen LogP contribution in [-0.4, -0.2) is 32.0 Å². The number of ether oxygens (including phenoxy) is 1. The van der Waals surface area contributed by atoms with Crippen LogP contribution in [0.5, 0.6) is 5.88 Å². The molecule has 0 spiro atoms. The van der Waals surface area contributed by atoms with E-state index in [2.05, 4.69) is 19.9 Å². The van der Waals surface area contributed by atoms with Gasteiger partial charge >= 0.3 is 0 Å². The summed E-state index contributed by atoms with van der Waals surface area (Å²) in [5.41, 5.74) is 3.75. The van der Waals surface area contributed by atoms with E-state index in [1.54, 1.807) is 6.20 Å². The van der Waals surface area contributed by atoms with Gasteiger partial charge in [-0.15, -0.1) is 0 Å². The molecule has 4 rings (SSSR count). The Kier molecular flexibility index (Phi) is 5.23. The van der Waals surface area contributed by atoms with E-state index in [9.17, 15) is 4.79 Å². The van der Waals surface area contributed by atoms with Gasteiger partial charge in [0.15, 0.2) is 5.65 Å². The maximum atomic E-state index is 13.0.